The molecule has 4 aliphatic rings. The highest BCUT2D eigenvalue weighted by molar-refractivity contribution is 6.39. The van der Waals surface area contributed by atoms with Crippen LogP contribution in [0.2, 0.25) is 0 Å². The first-order chi connectivity index (χ1) is 8.17. The highest BCUT2D eigenvalue weighted by Crippen LogP contribution is 2.54. The lowest BCUT2D eigenvalue weighted by Crippen LogP contribution is -2.48. The molecule has 4 fully saturated rings. The molecule has 0 aromatic rings. The van der Waals surface area contributed by atoms with Crippen molar-refractivity contribution < 1.29 is 0 Å². The number of hydrogen-bond acceptors (Lipinski definition) is 2. The van der Waals surface area contributed by atoms with Crippen LogP contribution in [0, 0.1) is 29.1 Å². The first-order valence-electron chi connectivity index (χ1n) is 6.65. The van der Waals surface area contributed by atoms with Gasteiger partial charge in [-0.3, -0.25) is 4.99 Å². The Morgan fingerprint density at radius 1 is 1.18 bits per heavy atom. The Kier molecular flexibility index (Phi) is 2.89. The molecule has 0 aliphatic heterocycles. The summed E-state index contributed by atoms with van der Waals surface area (Å²) in [5, 5.41) is 6.62. The normalized spacial score (nSPS) is 45.9. The van der Waals surface area contributed by atoms with Gasteiger partial charge in [-0.25, -0.2) is 0 Å². The maximum absolute atomic E-state index is 7.14. The van der Waals surface area contributed by atoms with Crippen LogP contribution in [0.4, 0.5) is 0 Å². The highest BCUT2D eigenvalue weighted by Gasteiger charge is 2.48. The van der Waals surface area contributed by atoms with Gasteiger partial charge in [-0.2, -0.15) is 0 Å². The number of rotatable bonds is 3. The fraction of sp³-hybridized carbons (Fsp3) is 0.846. The van der Waals surface area contributed by atoms with E-state index in [9.17, 15) is 0 Å². The average molecular weight is 254 g/mol. The molecule has 0 saturated heterocycles. The van der Waals surface area contributed by atoms with Crippen LogP contribution in [0.25, 0.3) is 0 Å². The predicted molar refractivity (Wildman–Crippen MR) is 70.9 cm³/mol. The van der Waals surface area contributed by atoms with Crippen molar-refractivity contribution in [3.63, 3.8) is 0 Å². The van der Waals surface area contributed by atoms with E-state index in [1.807, 2.05) is 0 Å². The molecule has 4 bridgehead atoms. The second-order valence-corrected chi connectivity index (χ2v) is 6.51. The molecular formula is C13H20ClN3. The molecule has 17 heavy (non-hydrogen) atoms. The molecule has 0 radical (unpaired) electrons. The summed E-state index contributed by atoms with van der Waals surface area (Å²) < 4.78 is 0. The van der Waals surface area contributed by atoms with Crippen LogP contribution < -0.4 is 5.73 Å². The molecule has 94 valence electrons. The standard InChI is InChI=1S/C13H20ClN3/c14-11(6-15)13(16)17-12-9-2-7-1-8(4-9)5-10(12)3-7/h6-12,15H,1-5H2,(H2,16,17). The van der Waals surface area contributed by atoms with Crippen LogP contribution in [0.15, 0.2) is 4.99 Å². The van der Waals surface area contributed by atoms with E-state index in [1.54, 1.807) is 0 Å². The van der Waals surface area contributed by atoms with Crippen LogP contribution in [-0.4, -0.2) is 23.5 Å². The van der Waals surface area contributed by atoms with Crippen molar-refractivity contribution >= 4 is 23.7 Å². The lowest BCUT2D eigenvalue weighted by atomic mass is 9.54. The van der Waals surface area contributed by atoms with Crippen LogP contribution in [-0.2, 0) is 0 Å². The zero-order valence-corrected chi connectivity index (χ0v) is 10.7. The van der Waals surface area contributed by atoms with Gasteiger partial charge >= 0.3 is 0 Å². The Labute approximate surface area is 107 Å². The van der Waals surface area contributed by atoms with Gasteiger partial charge in [0.2, 0.25) is 0 Å². The summed E-state index contributed by atoms with van der Waals surface area (Å²) in [4.78, 5) is 4.66. The van der Waals surface area contributed by atoms with E-state index in [0.29, 0.717) is 11.9 Å². The van der Waals surface area contributed by atoms with Crippen LogP contribution in [0.1, 0.15) is 32.1 Å². The minimum absolute atomic E-state index is 0.393. The number of hydrogen-bond donors (Lipinski definition) is 2. The Morgan fingerprint density at radius 3 is 2.18 bits per heavy atom. The molecule has 3 N–H and O–H groups in total. The molecule has 0 amide bonds. The first kappa shape index (κ1) is 11.5. The van der Waals surface area contributed by atoms with Crippen LogP contribution in [0.5, 0.6) is 0 Å². The van der Waals surface area contributed by atoms with Crippen molar-refractivity contribution in [1.29, 1.82) is 5.41 Å². The van der Waals surface area contributed by atoms with E-state index in [4.69, 9.17) is 22.7 Å². The lowest BCUT2D eigenvalue weighted by Gasteiger charge is -2.53. The van der Waals surface area contributed by atoms with Crippen molar-refractivity contribution in [3.8, 4) is 0 Å². The van der Waals surface area contributed by atoms with Crippen LogP contribution in [0.3, 0.4) is 0 Å². The molecule has 0 aromatic carbocycles. The Hall–Kier alpha value is -0.570. The van der Waals surface area contributed by atoms with Gasteiger partial charge < -0.3 is 11.1 Å². The third kappa shape index (κ3) is 1.99. The van der Waals surface area contributed by atoms with Gasteiger partial charge in [0.1, 0.15) is 11.2 Å². The summed E-state index contributed by atoms with van der Waals surface area (Å²) in [5.74, 6) is 3.83. The second-order valence-electron chi connectivity index (χ2n) is 6.04. The first-order valence-corrected chi connectivity index (χ1v) is 7.08. The molecule has 1 atom stereocenters. The van der Waals surface area contributed by atoms with Gasteiger partial charge in [0.25, 0.3) is 0 Å². The predicted octanol–water partition coefficient (Wildman–Crippen LogP) is 2.43. The largest absolute Gasteiger partial charge is 0.386 e. The Morgan fingerprint density at radius 2 is 1.71 bits per heavy atom. The zero-order chi connectivity index (χ0) is 12.0. The maximum Gasteiger partial charge on any atom is 0.125 e. The van der Waals surface area contributed by atoms with Gasteiger partial charge in [-0.15, -0.1) is 11.6 Å². The van der Waals surface area contributed by atoms with Gasteiger partial charge in [-0.1, -0.05) is 0 Å². The van der Waals surface area contributed by atoms with Gasteiger partial charge in [0.05, 0.1) is 6.04 Å². The van der Waals surface area contributed by atoms with Crippen molar-refractivity contribution in [1.82, 2.24) is 0 Å². The average Bonchev–Trinajstić information content (AvgIpc) is 2.31. The van der Waals surface area contributed by atoms with E-state index in [1.165, 1.54) is 32.1 Å². The minimum Gasteiger partial charge on any atom is -0.386 e. The summed E-state index contributed by atoms with van der Waals surface area (Å²) in [6, 6.07) is 0.393. The lowest BCUT2D eigenvalue weighted by molar-refractivity contribution is 0.00121. The molecular weight excluding hydrogens is 234 g/mol. The molecule has 0 spiro atoms. The summed E-state index contributed by atoms with van der Waals surface area (Å²) >= 11 is 5.93. The zero-order valence-electron chi connectivity index (χ0n) is 9.98. The molecule has 0 aromatic heterocycles. The number of nitrogens with one attached hydrogen (secondary N) is 1. The van der Waals surface area contributed by atoms with Crippen molar-refractivity contribution in [3.05, 3.63) is 0 Å². The van der Waals surface area contributed by atoms with Gasteiger partial charge in [0, 0.05) is 6.21 Å². The van der Waals surface area contributed by atoms with E-state index < -0.39 is 5.38 Å². The minimum atomic E-state index is -0.521. The van der Waals surface area contributed by atoms with E-state index in [0.717, 1.165) is 29.9 Å². The summed E-state index contributed by atoms with van der Waals surface area (Å²) in [6.45, 7) is 0. The highest BCUT2D eigenvalue weighted by atomic mass is 35.5. The van der Waals surface area contributed by atoms with Crippen molar-refractivity contribution in [2.75, 3.05) is 0 Å². The monoisotopic (exact) mass is 253 g/mol. The number of nitrogens with zero attached hydrogens (tertiary/aromatic N) is 1. The summed E-state index contributed by atoms with van der Waals surface area (Å²) in [5.41, 5.74) is 5.87. The summed E-state index contributed by atoms with van der Waals surface area (Å²) in [6.07, 6.45) is 7.98. The number of halogens is 1. The number of amidine groups is 1. The van der Waals surface area contributed by atoms with E-state index in [2.05, 4.69) is 4.99 Å². The molecule has 1 unspecified atom stereocenters. The number of alkyl halides is 1. The molecule has 0 heterocycles. The maximum atomic E-state index is 7.14. The Bertz CT molecular complexity index is 325. The van der Waals surface area contributed by atoms with E-state index >= 15 is 0 Å². The SMILES string of the molecule is N=CC(Cl)C(N)=NC1C2CC3CC(C2)CC1C3. The quantitative estimate of drug-likeness (QED) is 0.453. The van der Waals surface area contributed by atoms with Crippen molar-refractivity contribution in [2.24, 2.45) is 34.4 Å². The second kappa shape index (κ2) is 4.27. The van der Waals surface area contributed by atoms with Gasteiger partial charge in [-0.05, 0) is 55.8 Å². The van der Waals surface area contributed by atoms with E-state index in [-0.39, 0.29) is 0 Å². The van der Waals surface area contributed by atoms with Crippen LogP contribution >= 0.6 is 11.6 Å². The number of aliphatic imine (C=N–C) groups is 1. The van der Waals surface area contributed by atoms with Gasteiger partial charge in [0.15, 0.2) is 0 Å². The topological polar surface area (TPSA) is 62.2 Å². The summed E-state index contributed by atoms with van der Waals surface area (Å²) in [7, 11) is 0. The van der Waals surface area contributed by atoms with Crippen molar-refractivity contribution in [2.45, 2.75) is 43.5 Å². The fourth-order valence-corrected chi connectivity index (χ4v) is 4.49. The molecule has 4 rings (SSSR count). The third-order valence-corrected chi connectivity index (χ3v) is 5.25. The number of nitrogens with two attached hydrogens (primary N) is 1. The Balaban J connectivity index is 1.78. The molecule has 4 saturated carbocycles. The molecule has 3 nitrogen and oxygen atoms in total. The third-order valence-electron chi connectivity index (χ3n) is 4.90. The molecule has 4 heteroatoms. The molecule has 4 aliphatic carbocycles. The fourth-order valence-electron chi connectivity index (χ4n) is 4.44. The smallest absolute Gasteiger partial charge is 0.125 e.